The van der Waals surface area contributed by atoms with Gasteiger partial charge < -0.3 is 5.32 Å². The number of aromatic nitrogens is 2. The highest BCUT2D eigenvalue weighted by Gasteiger charge is 2.30. The van der Waals surface area contributed by atoms with Gasteiger partial charge in [-0.15, -0.1) is 0 Å². The summed E-state index contributed by atoms with van der Waals surface area (Å²) < 4.78 is 25.9. The van der Waals surface area contributed by atoms with Crippen molar-refractivity contribution < 1.29 is 13.2 Å². The van der Waals surface area contributed by atoms with E-state index in [4.69, 9.17) is 0 Å². The number of H-pyrrole nitrogens is 1. The standard InChI is InChI=1S/C12H20N4O3S/c1-2-3-11(17)14-10-5-8-16(9-6-10)20(18,19)12-4-7-13-15-12/h4,7,10H,2-3,5-6,8-9H2,1H3,(H,13,15)(H,14,17). The number of piperidine rings is 1. The minimum atomic E-state index is -3.48. The predicted octanol–water partition coefficient (Wildman–Crippen LogP) is 0.479. The molecule has 2 rings (SSSR count). The molecule has 1 saturated heterocycles. The normalized spacial score (nSPS) is 18.1. The molecule has 1 aliphatic rings. The highest BCUT2D eigenvalue weighted by Crippen LogP contribution is 2.19. The van der Waals surface area contributed by atoms with Gasteiger partial charge in [-0.2, -0.15) is 9.40 Å². The number of nitrogens with zero attached hydrogens (tertiary/aromatic N) is 2. The van der Waals surface area contributed by atoms with E-state index in [2.05, 4.69) is 15.5 Å². The summed E-state index contributed by atoms with van der Waals surface area (Å²) in [7, 11) is -3.48. The average Bonchev–Trinajstić information content (AvgIpc) is 2.94. The van der Waals surface area contributed by atoms with Gasteiger partial charge in [-0.3, -0.25) is 9.89 Å². The lowest BCUT2D eigenvalue weighted by Crippen LogP contribution is -2.46. The molecule has 20 heavy (non-hydrogen) atoms. The molecular weight excluding hydrogens is 280 g/mol. The van der Waals surface area contributed by atoms with Crippen LogP contribution in [-0.2, 0) is 14.8 Å². The molecule has 1 aliphatic heterocycles. The summed E-state index contributed by atoms with van der Waals surface area (Å²) in [5.74, 6) is 0.0439. The van der Waals surface area contributed by atoms with Gasteiger partial charge in [0.25, 0.3) is 10.0 Å². The first-order chi connectivity index (χ1) is 9.54. The molecule has 0 radical (unpaired) electrons. The molecule has 0 saturated carbocycles. The topological polar surface area (TPSA) is 95.2 Å². The van der Waals surface area contributed by atoms with Crippen LogP contribution in [0.5, 0.6) is 0 Å². The Labute approximate surface area is 118 Å². The highest BCUT2D eigenvalue weighted by atomic mass is 32.2. The number of rotatable bonds is 5. The van der Waals surface area contributed by atoms with Crippen LogP contribution in [0.1, 0.15) is 32.6 Å². The van der Waals surface area contributed by atoms with E-state index in [9.17, 15) is 13.2 Å². The van der Waals surface area contributed by atoms with Crippen molar-refractivity contribution in [2.24, 2.45) is 0 Å². The fourth-order valence-corrected chi connectivity index (χ4v) is 3.66. The molecule has 2 N–H and O–H groups in total. The van der Waals surface area contributed by atoms with Crippen molar-refractivity contribution in [3.63, 3.8) is 0 Å². The fourth-order valence-electron chi connectivity index (χ4n) is 2.29. The molecule has 0 bridgehead atoms. The summed E-state index contributed by atoms with van der Waals surface area (Å²) in [6.45, 7) is 2.79. The van der Waals surface area contributed by atoms with Crippen molar-refractivity contribution in [3.05, 3.63) is 12.3 Å². The van der Waals surface area contributed by atoms with Crippen molar-refractivity contribution in [1.29, 1.82) is 0 Å². The summed E-state index contributed by atoms with van der Waals surface area (Å²) in [4.78, 5) is 11.5. The van der Waals surface area contributed by atoms with Gasteiger partial charge in [0.15, 0.2) is 5.03 Å². The number of hydrogen-bond acceptors (Lipinski definition) is 4. The van der Waals surface area contributed by atoms with Crippen LogP contribution in [-0.4, -0.2) is 48.0 Å². The first-order valence-corrected chi connectivity index (χ1v) is 8.27. The Morgan fingerprint density at radius 2 is 2.20 bits per heavy atom. The van der Waals surface area contributed by atoms with Crippen LogP contribution >= 0.6 is 0 Å². The van der Waals surface area contributed by atoms with Gasteiger partial charge in [0.05, 0.1) is 6.20 Å². The molecule has 1 aromatic heterocycles. The largest absolute Gasteiger partial charge is 0.353 e. The lowest BCUT2D eigenvalue weighted by atomic mass is 10.1. The molecule has 1 aromatic rings. The number of nitrogens with one attached hydrogen (secondary N) is 2. The summed E-state index contributed by atoms with van der Waals surface area (Å²) >= 11 is 0. The lowest BCUT2D eigenvalue weighted by Gasteiger charge is -2.31. The van der Waals surface area contributed by atoms with E-state index in [-0.39, 0.29) is 17.0 Å². The van der Waals surface area contributed by atoms with Gasteiger partial charge in [0.2, 0.25) is 5.91 Å². The Kier molecular flexibility index (Phi) is 4.77. The summed E-state index contributed by atoms with van der Waals surface area (Å²) in [5, 5.41) is 9.22. The smallest absolute Gasteiger partial charge is 0.259 e. The van der Waals surface area contributed by atoms with Crippen LogP contribution in [0.25, 0.3) is 0 Å². The maximum absolute atomic E-state index is 12.2. The first-order valence-electron chi connectivity index (χ1n) is 6.83. The van der Waals surface area contributed by atoms with E-state index < -0.39 is 10.0 Å². The molecule has 0 spiro atoms. The van der Waals surface area contributed by atoms with E-state index >= 15 is 0 Å². The molecule has 0 atom stereocenters. The van der Waals surface area contributed by atoms with Crippen molar-refractivity contribution >= 4 is 15.9 Å². The van der Waals surface area contributed by atoms with Crippen molar-refractivity contribution in [1.82, 2.24) is 19.8 Å². The van der Waals surface area contributed by atoms with E-state index in [1.165, 1.54) is 16.6 Å². The second-order valence-electron chi connectivity index (χ2n) is 4.92. The maximum atomic E-state index is 12.2. The monoisotopic (exact) mass is 300 g/mol. The average molecular weight is 300 g/mol. The minimum absolute atomic E-state index is 0.0439. The first kappa shape index (κ1) is 15.0. The van der Waals surface area contributed by atoms with Gasteiger partial charge in [0, 0.05) is 25.6 Å². The van der Waals surface area contributed by atoms with Crippen LogP contribution in [0.3, 0.4) is 0 Å². The molecule has 2 heterocycles. The van der Waals surface area contributed by atoms with Crippen LogP contribution in [0, 0.1) is 0 Å². The fraction of sp³-hybridized carbons (Fsp3) is 0.667. The Morgan fingerprint density at radius 3 is 2.75 bits per heavy atom. The van der Waals surface area contributed by atoms with Gasteiger partial charge >= 0.3 is 0 Å². The summed E-state index contributed by atoms with van der Waals surface area (Å²) in [6.07, 6.45) is 4.04. The molecule has 8 heteroatoms. The number of aromatic amines is 1. The second-order valence-corrected chi connectivity index (χ2v) is 6.82. The number of sulfonamides is 1. The molecule has 1 fully saturated rings. The zero-order valence-electron chi connectivity index (χ0n) is 11.5. The maximum Gasteiger partial charge on any atom is 0.259 e. The Balaban J connectivity index is 1.90. The molecule has 0 unspecified atom stereocenters. The number of amides is 1. The zero-order chi connectivity index (χ0) is 14.6. The van der Waals surface area contributed by atoms with E-state index in [1.54, 1.807) is 0 Å². The molecule has 0 aromatic carbocycles. The minimum Gasteiger partial charge on any atom is -0.353 e. The molecule has 112 valence electrons. The Morgan fingerprint density at radius 1 is 1.50 bits per heavy atom. The zero-order valence-corrected chi connectivity index (χ0v) is 12.3. The van der Waals surface area contributed by atoms with Gasteiger partial charge in [-0.25, -0.2) is 8.42 Å². The third-order valence-electron chi connectivity index (χ3n) is 3.39. The summed E-state index contributed by atoms with van der Waals surface area (Å²) in [5.41, 5.74) is 0. The van der Waals surface area contributed by atoms with Crippen LogP contribution in [0.4, 0.5) is 0 Å². The Bertz CT molecular complexity index is 533. The van der Waals surface area contributed by atoms with Gasteiger partial charge in [-0.1, -0.05) is 6.92 Å². The SMILES string of the molecule is CCCC(=O)NC1CCN(S(=O)(=O)c2ccn[nH]2)CC1. The third-order valence-corrected chi connectivity index (χ3v) is 5.22. The Hall–Kier alpha value is -1.41. The molecule has 1 amide bonds. The van der Waals surface area contributed by atoms with Crippen molar-refractivity contribution in [3.8, 4) is 0 Å². The van der Waals surface area contributed by atoms with Crippen molar-refractivity contribution in [2.45, 2.75) is 43.7 Å². The van der Waals surface area contributed by atoms with Crippen molar-refractivity contribution in [2.75, 3.05) is 13.1 Å². The molecule has 0 aliphatic carbocycles. The molecular formula is C12H20N4O3S. The third kappa shape index (κ3) is 3.37. The highest BCUT2D eigenvalue weighted by molar-refractivity contribution is 7.89. The predicted molar refractivity (Wildman–Crippen MR) is 73.4 cm³/mol. The second kappa shape index (κ2) is 6.36. The van der Waals surface area contributed by atoms with E-state index in [0.717, 1.165) is 6.42 Å². The van der Waals surface area contributed by atoms with Gasteiger partial charge in [0.1, 0.15) is 0 Å². The summed E-state index contributed by atoms with van der Waals surface area (Å²) in [6, 6.07) is 1.52. The van der Waals surface area contributed by atoms with E-state index in [1.807, 2.05) is 6.92 Å². The van der Waals surface area contributed by atoms with Gasteiger partial charge in [-0.05, 0) is 25.3 Å². The quantitative estimate of drug-likeness (QED) is 0.827. The van der Waals surface area contributed by atoms with Crippen LogP contribution in [0.2, 0.25) is 0 Å². The van der Waals surface area contributed by atoms with E-state index in [0.29, 0.717) is 32.4 Å². The number of hydrogen-bond donors (Lipinski definition) is 2. The van der Waals surface area contributed by atoms with Crippen LogP contribution in [0.15, 0.2) is 17.3 Å². The number of carbonyl (C=O) groups excluding carboxylic acids is 1. The molecule has 7 nitrogen and oxygen atoms in total. The lowest BCUT2D eigenvalue weighted by molar-refractivity contribution is -0.122. The number of carbonyl (C=O) groups is 1. The van der Waals surface area contributed by atoms with Crippen LogP contribution < -0.4 is 5.32 Å².